The molecule has 1 unspecified atom stereocenters. The summed E-state index contributed by atoms with van der Waals surface area (Å²) in [5.74, 6) is 0. The number of hydrogen-bond acceptors (Lipinski definition) is 3. The summed E-state index contributed by atoms with van der Waals surface area (Å²) in [7, 11) is 0. The molecule has 0 radical (unpaired) electrons. The Hall–Kier alpha value is -1.42. The van der Waals surface area contributed by atoms with Crippen molar-refractivity contribution in [2.75, 3.05) is 0 Å². The molecule has 1 heterocycles. The van der Waals surface area contributed by atoms with Crippen molar-refractivity contribution in [2.24, 2.45) is 0 Å². The Morgan fingerprint density at radius 2 is 2.31 bits per heavy atom. The molecular formula is C11H11ClN4. The van der Waals surface area contributed by atoms with Gasteiger partial charge in [0, 0.05) is 5.02 Å². The highest BCUT2D eigenvalue weighted by atomic mass is 35.5. The summed E-state index contributed by atoms with van der Waals surface area (Å²) in [4.78, 5) is 0. The van der Waals surface area contributed by atoms with E-state index in [2.05, 4.69) is 21.6 Å². The average molecular weight is 235 g/mol. The van der Waals surface area contributed by atoms with E-state index in [1.807, 2.05) is 13.0 Å². The molecule has 0 saturated carbocycles. The van der Waals surface area contributed by atoms with Gasteiger partial charge in [-0.15, -0.1) is 5.10 Å². The Kier molecular flexibility index (Phi) is 2.17. The summed E-state index contributed by atoms with van der Waals surface area (Å²) in [6.45, 7) is 2.03. The fourth-order valence-electron chi connectivity index (χ4n) is 2.32. The number of rotatable bonds is 1. The number of nitrogens with zero attached hydrogens (tertiary/aromatic N) is 4. The third-order valence-corrected chi connectivity index (χ3v) is 3.56. The molecule has 0 bridgehead atoms. The van der Waals surface area contributed by atoms with Crippen LogP contribution in [-0.2, 0) is 6.42 Å². The van der Waals surface area contributed by atoms with E-state index in [9.17, 15) is 0 Å². The molecule has 1 aromatic carbocycles. The maximum Gasteiger partial charge on any atom is 0.138 e. The Balaban J connectivity index is 2.09. The van der Waals surface area contributed by atoms with Gasteiger partial charge in [0.05, 0.1) is 6.04 Å². The SMILES string of the molecule is Cc1cc2c(cc1Cl)C(n1cnnn1)CC2. The van der Waals surface area contributed by atoms with Gasteiger partial charge in [-0.05, 0) is 52.9 Å². The van der Waals surface area contributed by atoms with Gasteiger partial charge in [-0.2, -0.15) is 0 Å². The minimum atomic E-state index is 0.239. The zero-order valence-corrected chi connectivity index (χ0v) is 9.65. The van der Waals surface area contributed by atoms with E-state index in [0.29, 0.717) is 0 Å². The van der Waals surface area contributed by atoms with Gasteiger partial charge >= 0.3 is 0 Å². The molecule has 5 heteroatoms. The standard InChI is InChI=1S/C11H11ClN4/c1-7-4-8-2-3-11(9(8)5-10(7)12)16-6-13-14-15-16/h4-6,11H,2-3H2,1H3. The molecule has 0 aliphatic heterocycles. The van der Waals surface area contributed by atoms with Crippen molar-refractivity contribution in [3.05, 3.63) is 40.2 Å². The van der Waals surface area contributed by atoms with E-state index in [1.54, 1.807) is 11.0 Å². The quantitative estimate of drug-likeness (QED) is 0.760. The number of tetrazole rings is 1. The van der Waals surface area contributed by atoms with Crippen LogP contribution in [0, 0.1) is 6.92 Å². The molecule has 82 valence electrons. The van der Waals surface area contributed by atoms with Gasteiger partial charge in [-0.1, -0.05) is 17.7 Å². The highest BCUT2D eigenvalue weighted by Crippen LogP contribution is 2.36. The van der Waals surface area contributed by atoms with E-state index >= 15 is 0 Å². The normalized spacial score (nSPS) is 18.8. The first-order valence-electron chi connectivity index (χ1n) is 5.27. The molecule has 1 aliphatic carbocycles. The highest BCUT2D eigenvalue weighted by Gasteiger charge is 2.25. The average Bonchev–Trinajstić information content (AvgIpc) is 2.87. The van der Waals surface area contributed by atoms with Crippen molar-refractivity contribution in [1.82, 2.24) is 20.2 Å². The van der Waals surface area contributed by atoms with Crippen LogP contribution < -0.4 is 0 Å². The monoisotopic (exact) mass is 234 g/mol. The summed E-state index contributed by atoms with van der Waals surface area (Å²) in [5, 5.41) is 12.1. The molecule has 0 saturated heterocycles. The van der Waals surface area contributed by atoms with Crippen molar-refractivity contribution < 1.29 is 0 Å². The van der Waals surface area contributed by atoms with Crippen molar-refractivity contribution >= 4 is 11.6 Å². The van der Waals surface area contributed by atoms with Crippen molar-refractivity contribution in [3.63, 3.8) is 0 Å². The van der Waals surface area contributed by atoms with Gasteiger partial charge in [0.2, 0.25) is 0 Å². The van der Waals surface area contributed by atoms with Gasteiger partial charge in [0.1, 0.15) is 6.33 Å². The van der Waals surface area contributed by atoms with Crippen LogP contribution in [-0.4, -0.2) is 20.2 Å². The van der Waals surface area contributed by atoms with Gasteiger partial charge < -0.3 is 0 Å². The lowest BCUT2D eigenvalue weighted by Crippen LogP contribution is -2.08. The topological polar surface area (TPSA) is 43.6 Å². The number of aromatic nitrogens is 4. The Morgan fingerprint density at radius 1 is 1.44 bits per heavy atom. The number of aryl methyl sites for hydroxylation is 2. The van der Waals surface area contributed by atoms with Crippen LogP contribution in [0.1, 0.15) is 29.2 Å². The second kappa shape index (κ2) is 3.56. The molecule has 1 atom stereocenters. The first-order chi connectivity index (χ1) is 7.75. The Bertz CT molecular complexity index is 521. The second-order valence-electron chi connectivity index (χ2n) is 4.14. The van der Waals surface area contributed by atoms with Gasteiger partial charge in [-0.3, -0.25) is 0 Å². The summed E-state index contributed by atoms with van der Waals surface area (Å²) >= 11 is 6.16. The zero-order chi connectivity index (χ0) is 11.1. The smallest absolute Gasteiger partial charge is 0.138 e. The number of fused-ring (bicyclic) bond motifs is 1. The molecule has 0 amide bonds. The lowest BCUT2D eigenvalue weighted by molar-refractivity contribution is 0.504. The lowest BCUT2D eigenvalue weighted by Gasteiger charge is -2.11. The van der Waals surface area contributed by atoms with Crippen LogP contribution in [0.2, 0.25) is 5.02 Å². The van der Waals surface area contributed by atoms with Crippen LogP contribution >= 0.6 is 11.6 Å². The largest absolute Gasteiger partial charge is 0.225 e. The third kappa shape index (κ3) is 1.41. The van der Waals surface area contributed by atoms with Crippen LogP contribution in [0.25, 0.3) is 0 Å². The van der Waals surface area contributed by atoms with E-state index in [1.165, 1.54) is 11.1 Å². The van der Waals surface area contributed by atoms with E-state index in [0.717, 1.165) is 23.4 Å². The maximum atomic E-state index is 6.16. The molecule has 4 nitrogen and oxygen atoms in total. The van der Waals surface area contributed by atoms with Crippen molar-refractivity contribution in [1.29, 1.82) is 0 Å². The van der Waals surface area contributed by atoms with Gasteiger partial charge in [0.15, 0.2) is 0 Å². The van der Waals surface area contributed by atoms with Crippen molar-refractivity contribution in [3.8, 4) is 0 Å². The van der Waals surface area contributed by atoms with Gasteiger partial charge in [0.25, 0.3) is 0 Å². The fourth-order valence-corrected chi connectivity index (χ4v) is 2.49. The summed E-state index contributed by atoms with van der Waals surface area (Å²) < 4.78 is 1.80. The third-order valence-electron chi connectivity index (χ3n) is 3.15. The minimum Gasteiger partial charge on any atom is -0.225 e. The summed E-state index contributed by atoms with van der Waals surface area (Å²) in [6.07, 6.45) is 3.77. The minimum absolute atomic E-state index is 0.239. The van der Waals surface area contributed by atoms with Crippen LogP contribution in [0.15, 0.2) is 18.5 Å². The predicted octanol–water partition coefficient (Wildman–Crippen LogP) is 2.17. The molecule has 1 aliphatic rings. The molecule has 3 rings (SSSR count). The first kappa shape index (κ1) is 9.78. The van der Waals surface area contributed by atoms with Crippen molar-refractivity contribution in [2.45, 2.75) is 25.8 Å². The second-order valence-corrected chi connectivity index (χ2v) is 4.55. The van der Waals surface area contributed by atoms with E-state index in [-0.39, 0.29) is 6.04 Å². The van der Waals surface area contributed by atoms with Crippen LogP contribution in [0.4, 0.5) is 0 Å². The molecule has 0 fully saturated rings. The summed E-state index contributed by atoms with van der Waals surface area (Å²) in [5.41, 5.74) is 3.75. The summed E-state index contributed by atoms with van der Waals surface area (Å²) in [6, 6.07) is 4.45. The molecule has 1 aromatic heterocycles. The molecular weight excluding hydrogens is 224 g/mol. The predicted molar refractivity (Wildman–Crippen MR) is 60.5 cm³/mol. The molecule has 2 aromatic rings. The highest BCUT2D eigenvalue weighted by molar-refractivity contribution is 6.31. The number of halogens is 1. The van der Waals surface area contributed by atoms with E-state index < -0.39 is 0 Å². The maximum absolute atomic E-state index is 6.16. The first-order valence-corrected chi connectivity index (χ1v) is 5.65. The zero-order valence-electron chi connectivity index (χ0n) is 8.89. The molecule has 16 heavy (non-hydrogen) atoms. The van der Waals surface area contributed by atoms with Gasteiger partial charge in [-0.25, -0.2) is 4.68 Å². The molecule has 0 N–H and O–H groups in total. The Morgan fingerprint density at radius 3 is 3.06 bits per heavy atom. The molecule has 0 spiro atoms. The van der Waals surface area contributed by atoms with E-state index in [4.69, 9.17) is 11.6 Å². The van der Waals surface area contributed by atoms with Crippen LogP contribution in [0.5, 0.6) is 0 Å². The van der Waals surface area contributed by atoms with Crippen LogP contribution in [0.3, 0.4) is 0 Å². The number of hydrogen-bond donors (Lipinski definition) is 0. The fraction of sp³-hybridized carbons (Fsp3) is 0.364. The number of benzene rings is 1. The lowest BCUT2D eigenvalue weighted by atomic mass is 10.1. The Labute approximate surface area is 98.2 Å².